The lowest BCUT2D eigenvalue weighted by Gasteiger charge is -2.22. The van der Waals surface area contributed by atoms with Gasteiger partial charge in [-0.05, 0) is 47.9 Å². The van der Waals surface area contributed by atoms with E-state index in [9.17, 15) is 4.79 Å². The molecule has 0 saturated heterocycles. The predicted octanol–water partition coefficient (Wildman–Crippen LogP) is 4.91. The molecule has 1 aliphatic heterocycles. The van der Waals surface area contributed by atoms with E-state index in [0.717, 1.165) is 17.0 Å². The summed E-state index contributed by atoms with van der Waals surface area (Å²) in [6.45, 7) is 2.12. The Morgan fingerprint density at radius 1 is 1.04 bits per heavy atom. The molecule has 0 saturated carbocycles. The molecular formula is C21H19NOS. The van der Waals surface area contributed by atoms with Crippen molar-refractivity contribution in [1.29, 1.82) is 0 Å². The summed E-state index contributed by atoms with van der Waals surface area (Å²) < 4.78 is 0. The van der Waals surface area contributed by atoms with E-state index in [4.69, 9.17) is 0 Å². The molecule has 0 unspecified atom stereocenters. The number of hydrogen-bond donors (Lipinski definition) is 0. The maximum atomic E-state index is 12.8. The van der Waals surface area contributed by atoms with Gasteiger partial charge in [-0.25, -0.2) is 0 Å². The van der Waals surface area contributed by atoms with Gasteiger partial charge in [0.25, 0.3) is 0 Å². The SMILES string of the molecule is C[C@H]1Cc2ccccc2N1C(=O)CSc1ccc2ccccc2c1. The second-order valence-electron chi connectivity index (χ2n) is 6.24. The molecule has 0 fully saturated rings. The minimum Gasteiger partial charge on any atom is -0.308 e. The molecule has 3 aromatic rings. The van der Waals surface area contributed by atoms with Crippen LogP contribution in [0.2, 0.25) is 0 Å². The Morgan fingerprint density at radius 2 is 1.79 bits per heavy atom. The summed E-state index contributed by atoms with van der Waals surface area (Å²) >= 11 is 1.62. The van der Waals surface area contributed by atoms with Crippen LogP contribution in [-0.4, -0.2) is 17.7 Å². The molecule has 3 aromatic carbocycles. The number of fused-ring (bicyclic) bond motifs is 2. The van der Waals surface area contributed by atoms with E-state index in [2.05, 4.69) is 49.4 Å². The quantitative estimate of drug-likeness (QED) is 0.635. The fraction of sp³-hybridized carbons (Fsp3) is 0.190. The third kappa shape index (κ3) is 2.80. The van der Waals surface area contributed by atoms with E-state index >= 15 is 0 Å². The van der Waals surface area contributed by atoms with Gasteiger partial charge in [-0.2, -0.15) is 0 Å². The monoisotopic (exact) mass is 333 g/mol. The van der Waals surface area contributed by atoms with Crippen molar-refractivity contribution in [2.45, 2.75) is 24.3 Å². The Kier molecular flexibility index (Phi) is 4.03. The first kappa shape index (κ1) is 15.3. The highest BCUT2D eigenvalue weighted by Crippen LogP contribution is 2.33. The summed E-state index contributed by atoms with van der Waals surface area (Å²) in [6.07, 6.45) is 0.947. The molecule has 1 amide bonds. The number of rotatable bonds is 3. The van der Waals surface area contributed by atoms with E-state index in [1.165, 1.54) is 16.3 Å². The molecule has 120 valence electrons. The summed E-state index contributed by atoms with van der Waals surface area (Å²) in [4.78, 5) is 15.9. The van der Waals surface area contributed by atoms with Gasteiger partial charge >= 0.3 is 0 Å². The molecule has 24 heavy (non-hydrogen) atoms. The maximum absolute atomic E-state index is 12.8. The highest BCUT2D eigenvalue weighted by molar-refractivity contribution is 8.00. The molecule has 0 bridgehead atoms. The van der Waals surface area contributed by atoms with Gasteiger partial charge in [0, 0.05) is 16.6 Å². The zero-order valence-electron chi connectivity index (χ0n) is 13.6. The minimum atomic E-state index is 0.186. The Labute approximate surface area is 146 Å². The Balaban J connectivity index is 1.50. The largest absolute Gasteiger partial charge is 0.308 e. The number of amides is 1. The smallest absolute Gasteiger partial charge is 0.237 e. The van der Waals surface area contributed by atoms with E-state index < -0.39 is 0 Å². The normalized spacial score (nSPS) is 16.4. The molecule has 0 aliphatic carbocycles. The van der Waals surface area contributed by atoms with Crippen molar-refractivity contribution in [2.75, 3.05) is 10.7 Å². The minimum absolute atomic E-state index is 0.186. The predicted molar refractivity (Wildman–Crippen MR) is 102 cm³/mol. The highest BCUT2D eigenvalue weighted by Gasteiger charge is 2.30. The lowest BCUT2D eigenvalue weighted by Crippen LogP contribution is -2.36. The molecule has 0 radical (unpaired) electrons. The summed E-state index contributed by atoms with van der Waals surface area (Å²) in [6, 6.07) is 23.2. The first-order valence-corrected chi connectivity index (χ1v) is 9.22. The van der Waals surface area contributed by atoms with Crippen LogP contribution in [0.1, 0.15) is 12.5 Å². The van der Waals surface area contributed by atoms with Gasteiger partial charge in [0.1, 0.15) is 0 Å². The third-order valence-corrected chi connectivity index (χ3v) is 5.54. The van der Waals surface area contributed by atoms with E-state index in [1.807, 2.05) is 29.2 Å². The molecule has 3 heteroatoms. The Bertz CT molecular complexity index is 905. The number of nitrogens with zero attached hydrogens (tertiary/aromatic N) is 1. The Morgan fingerprint density at radius 3 is 2.67 bits per heavy atom. The lowest BCUT2D eigenvalue weighted by molar-refractivity contribution is -0.116. The van der Waals surface area contributed by atoms with Gasteiger partial charge in [0.2, 0.25) is 5.91 Å². The molecule has 0 aromatic heterocycles. The van der Waals surface area contributed by atoms with Gasteiger partial charge < -0.3 is 4.90 Å². The summed E-state index contributed by atoms with van der Waals surface area (Å²) in [7, 11) is 0. The zero-order chi connectivity index (χ0) is 16.5. The van der Waals surface area contributed by atoms with Crippen LogP contribution in [0.25, 0.3) is 10.8 Å². The zero-order valence-corrected chi connectivity index (χ0v) is 14.4. The van der Waals surface area contributed by atoms with Crippen LogP contribution in [0.15, 0.2) is 71.6 Å². The molecule has 2 nitrogen and oxygen atoms in total. The molecular weight excluding hydrogens is 314 g/mol. The van der Waals surface area contributed by atoms with Gasteiger partial charge in [0.15, 0.2) is 0 Å². The third-order valence-electron chi connectivity index (χ3n) is 4.56. The number of anilines is 1. The molecule has 1 aliphatic rings. The van der Waals surface area contributed by atoms with Crippen molar-refractivity contribution in [3.8, 4) is 0 Å². The number of para-hydroxylation sites is 1. The van der Waals surface area contributed by atoms with Crippen LogP contribution in [-0.2, 0) is 11.2 Å². The van der Waals surface area contributed by atoms with Crippen molar-refractivity contribution < 1.29 is 4.79 Å². The molecule has 0 N–H and O–H groups in total. The number of carbonyl (C=O) groups is 1. The molecule has 0 spiro atoms. The number of benzene rings is 3. The topological polar surface area (TPSA) is 20.3 Å². The van der Waals surface area contributed by atoms with Gasteiger partial charge in [-0.3, -0.25) is 4.79 Å². The van der Waals surface area contributed by atoms with Crippen molar-refractivity contribution in [1.82, 2.24) is 0 Å². The van der Waals surface area contributed by atoms with E-state index in [0.29, 0.717) is 5.75 Å². The summed E-state index contributed by atoms with van der Waals surface area (Å²) in [5, 5.41) is 2.45. The highest BCUT2D eigenvalue weighted by atomic mass is 32.2. The molecule has 1 atom stereocenters. The van der Waals surface area contributed by atoms with Crippen LogP contribution in [0.4, 0.5) is 5.69 Å². The van der Waals surface area contributed by atoms with Gasteiger partial charge in [0.05, 0.1) is 5.75 Å². The maximum Gasteiger partial charge on any atom is 0.237 e. The lowest BCUT2D eigenvalue weighted by atomic mass is 10.1. The average molecular weight is 333 g/mol. The second kappa shape index (κ2) is 6.33. The molecule has 4 rings (SSSR count). The fourth-order valence-corrected chi connectivity index (χ4v) is 4.22. The van der Waals surface area contributed by atoms with Gasteiger partial charge in [-0.15, -0.1) is 11.8 Å². The number of carbonyl (C=O) groups excluding carboxylic acids is 1. The van der Waals surface area contributed by atoms with Crippen LogP contribution >= 0.6 is 11.8 Å². The van der Waals surface area contributed by atoms with Crippen molar-refractivity contribution in [3.63, 3.8) is 0 Å². The summed E-state index contributed by atoms with van der Waals surface area (Å²) in [5.41, 5.74) is 2.35. The van der Waals surface area contributed by atoms with Crippen LogP contribution in [0.3, 0.4) is 0 Å². The van der Waals surface area contributed by atoms with Crippen LogP contribution < -0.4 is 4.90 Å². The molecule has 1 heterocycles. The van der Waals surface area contributed by atoms with Crippen molar-refractivity contribution in [3.05, 3.63) is 72.3 Å². The average Bonchev–Trinajstić information content (AvgIpc) is 2.95. The number of hydrogen-bond acceptors (Lipinski definition) is 2. The summed E-state index contributed by atoms with van der Waals surface area (Å²) in [5.74, 6) is 0.655. The second-order valence-corrected chi connectivity index (χ2v) is 7.29. The first-order valence-electron chi connectivity index (χ1n) is 8.24. The van der Waals surface area contributed by atoms with Crippen LogP contribution in [0, 0.1) is 0 Å². The van der Waals surface area contributed by atoms with Crippen LogP contribution in [0.5, 0.6) is 0 Å². The first-order chi connectivity index (χ1) is 11.7. The van der Waals surface area contributed by atoms with Crippen molar-refractivity contribution in [2.24, 2.45) is 0 Å². The van der Waals surface area contributed by atoms with Crippen molar-refractivity contribution >= 4 is 34.1 Å². The van der Waals surface area contributed by atoms with E-state index in [-0.39, 0.29) is 11.9 Å². The standard InChI is InChI=1S/C21H19NOS/c1-15-12-18-8-4-5-9-20(18)22(15)21(23)14-24-19-11-10-16-6-2-3-7-17(16)13-19/h2-11,13,15H,12,14H2,1H3/t15-/m0/s1. The Hall–Kier alpha value is -2.26. The van der Waals surface area contributed by atoms with E-state index in [1.54, 1.807) is 11.8 Å². The van der Waals surface area contributed by atoms with Gasteiger partial charge in [-0.1, -0.05) is 48.5 Å². The number of thioether (sulfide) groups is 1. The fourth-order valence-electron chi connectivity index (χ4n) is 3.42.